The van der Waals surface area contributed by atoms with E-state index in [4.69, 9.17) is 13.9 Å². The third-order valence-electron chi connectivity index (χ3n) is 3.08. The number of rotatable bonds is 5. The number of thiophene rings is 1. The molecule has 0 saturated heterocycles. The van der Waals surface area contributed by atoms with Gasteiger partial charge in [-0.1, -0.05) is 5.10 Å². The number of carbonyl (C=O) groups is 1. The Labute approximate surface area is 149 Å². The van der Waals surface area contributed by atoms with Crippen LogP contribution in [0.15, 0.2) is 38.5 Å². The van der Waals surface area contributed by atoms with Crippen molar-refractivity contribution in [3.8, 4) is 22.3 Å². The molecule has 0 bridgehead atoms. The lowest BCUT2D eigenvalue weighted by Gasteiger charge is -2.08. The van der Waals surface area contributed by atoms with Gasteiger partial charge < -0.3 is 13.9 Å². The molecule has 1 aromatic carbocycles. The minimum atomic E-state index is -0.390. The van der Waals surface area contributed by atoms with Crippen molar-refractivity contribution in [2.75, 3.05) is 19.5 Å². The number of hydrogen-bond acceptors (Lipinski definition) is 7. The molecule has 0 atom stereocenters. The van der Waals surface area contributed by atoms with Crippen molar-refractivity contribution in [2.24, 2.45) is 0 Å². The van der Waals surface area contributed by atoms with Crippen LogP contribution >= 0.6 is 27.3 Å². The first-order chi connectivity index (χ1) is 11.6. The number of aromatic nitrogens is 2. The van der Waals surface area contributed by atoms with E-state index in [9.17, 15) is 4.79 Å². The van der Waals surface area contributed by atoms with Gasteiger partial charge in [-0.2, -0.15) is 0 Å². The van der Waals surface area contributed by atoms with Crippen LogP contribution in [0.4, 0.5) is 6.01 Å². The van der Waals surface area contributed by atoms with E-state index in [-0.39, 0.29) is 6.01 Å². The van der Waals surface area contributed by atoms with E-state index in [0.717, 1.165) is 8.66 Å². The van der Waals surface area contributed by atoms with Crippen LogP contribution in [0.5, 0.6) is 11.5 Å². The van der Waals surface area contributed by atoms with Gasteiger partial charge in [0.25, 0.3) is 11.8 Å². The zero-order chi connectivity index (χ0) is 17.1. The van der Waals surface area contributed by atoms with Gasteiger partial charge in [-0.15, -0.1) is 16.4 Å². The number of anilines is 1. The lowest BCUT2D eigenvalue weighted by molar-refractivity contribution is 0.102. The van der Waals surface area contributed by atoms with Crippen molar-refractivity contribution < 1.29 is 18.7 Å². The number of nitrogens with zero attached hydrogens (tertiary/aromatic N) is 2. The number of nitrogens with one attached hydrogen (secondary N) is 1. The maximum Gasteiger partial charge on any atom is 0.322 e. The van der Waals surface area contributed by atoms with E-state index in [1.807, 2.05) is 12.1 Å². The fourth-order valence-electron chi connectivity index (χ4n) is 1.95. The van der Waals surface area contributed by atoms with E-state index in [0.29, 0.717) is 23.0 Å². The molecule has 0 saturated carbocycles. The number of amides is 1. The maximum absolute atomic E-state index is 12.3. The van der Waals surface area contributed by atoms with Crippen LogP contribution in [-0.4, -0.2) is 30.3 Å². The van der Waals surface area contributed by atoms with E-state index in [2.05, 4.69) is 31.4 Å². The summed E-state index contributed by atoms with van der Waals surface area (Å²) in [5.41, 5.74) is 0.381. The summed E-state index contributed by atoms with van der Waals surface area (Å²) in [5, 5.41) is 10.3. The van der Waals surface area contributed by atoms with Gasteiger partial charge in [-0.25, -0.2) is 0 Å². The lowest BCUT2D eigenvalue weighted by atomic mass is 10.2. The standard InChI is InChI=1S/C15H12BrN3O4S/c1-21-9-4-3-8(7-10(9)22-2)13(20)17-15-19-18-14(23-15)11-5-6-12(16)24-11/h3-7H,1-2H3,(H,17,19,20). The summed E-state index contributed by atoms with van der Waals surface area (Å²) in [4.78, 5) is 13.1. The van der Waals surface area contributed by atoms with Gasteiger partial charge in [0.1, 0.15) is 0 Å². The molecular formula is C15H12BrN3O4S. The number of hydrogen-bond donors (Lipinski definition) is 1. The molecule has 0 aliphatic heterocycles. The Bertz CT molecular complexity index is 877. The van der Waals surface area contributed by atoms with E-state index in [1.54, 1.807) is 18.2 Å². The van der Waals surface area contributed by atoms with Crippen LogP contribution in [0.2, 0.25) is 0 Å². The monoisotopic (exact) mass is 409 g/mol. The van der Waals surface area contributed by atoms with Crippen molar-refractivity contribution >= 4 is 39.2 Å². The second-order valence-corrected chi connectivity index (χ2v) is 7.00. The summed E-state index contributed by atoms with van der Waals surface area (Å²) in [5.74, 6) is 0.948. The first-order valence-corrected chi connectivity index (χ1v) is 8.34. The third-order valence-corrected chi connectivity index (χ3v) is 4.69. The number of halogens is 1. The zero-order valence-corrected chi connectivity index (χ0v) is 15.1. The van der Waals surface area contributed by atoms with Crippen molar-refractivity contribution in [1.29, 1.82) is 0 Å². The molecule has 7 nitrogen and oxygen atoms in total. The van der Waals surface area contributed by atoms with Crippen LogP contribution in [0.1, 0.15) is 10.4 Å². The van der Waals surface area contributed by atoms with Crippen molar-refractivity contribution in [2.45, 2.75) is 0 Å². The van der Waals surface area contributed by atoms with Crippen LogP contribution in [0.3, 0.4) is 0 Å². The quantitative estimate of drug-likeness (QED) is 0.688. The minimum absolute atomic E-state index is 0.0225. The largest absolute Gasteiger partial charge is 0.493 e. The molecule has 1 N–H and O–H groups in total. The molecule has 0 spiro atoms. The highest BCUT2D eigenvalue weighted by atomic mass is 79.9. The minimum Gasteiger partial charge on any atom is -0.493 e. The molecule has 124 valence electrons. The molecule has 0 radical (unpaired) electrons. The predicted octanol–water partition coefficient (Wildman–Crippen LogP) is 3.83. The Morgan fingerprint density at radius 3 is 2.62 bits per heavy atom. The van der Waals surface area contributed by atoms with E-state index < -0.39 is 5.91 Å². The molecule has 2 heterocycles. The lowest BCUT2D eigenvalue weighted by Crippen LogP contribution is -2.12. The van der Waals surface area contributed by atoms with Crippen molar-refractivity contribution in [3.63, 3.8) is 0 Å². The third kappa shape index (κ3) is 3.41. The van der Waals surface area contributed by atoms with Gasteiger partial charge in [-0.05, 0) is 46.3 Å². The molecule has 3 rings (SSSR count). The normalized spacial score (nSPS) is 10.5. The topological polar surface area (TPSA) is 86.5 Å². The number of carbonyl (C=O) groups excluding carboxylic acids is 1. The van der Waals surface area contributed by atoms with Crippen LogP contribution in [0, 0.1) is 0 Å². The van der Waals surface area contributed by atoms with E-state index in [1.165, 1.54) is 25.6 Å². The van der Waals surface area contributed by atoms with Crippen LogP contribution in [-0.2, 0) is 0 Å². The second kappa shape index (κ2) is 7.02. The van der Waals surface area contributed by atoms with Gasteiger partial charge in [0.05, 0.1) is 22.9 Å². The summed E-state index contributed by atoms with van der Waals surface area (Å²) >= 11 is 4.82. The molecule has 2 aromatic heterocycles. The molecular weight excluding hydrogens is 398 g/mol. The predicted molar refractivity (Wildman–Crippen MR) is 92.8 cm³/mol. The molecule has 3 aromatic rings. The second-order valence-electron chi connectivity index (χ2n) is 4.54. The summed E-state index contributed by atoms with van der Waals surface area (Å²) in [6, 6.07) is 8.59. The number of methoxy groups -OCH3 is 2. The van der Waals surface area contributed by atoms with Gasteiger partial charge in [0, 0.05) is 5.56 Å². The summed E-state index contributed by atoms with van der Waals surface area (Å²) in [6.45, 7) is 0. The Morgan fingerprint density at radius 2 is 1.96 bits per heavy atom. The van der Waals surface area contributed by atoms with E-state index >= 15 is 0 Å². The molecule has 0 unspecified atom stereocenters. The average Bonchev–Trinajstić information content (AvgIpc) is 3.23. The Morgan fingerprint density at radius 1 is 1.17 bits per heavy atom. The fraction of sp³-hybridized carbons (Fsp3) is 0.133. The smallest absolute Gasteiger partial charge is 0.322 e. The first kappa shape index (κ1) is 16.5. The Hall–Kier alpha value is -2.39. The van der Waals surface area contributed by atoms with Crippen molar-refractivity contribution in [1.82, 2.24) is 10.2 Å². The Balaban J connectivity index is 1.77. The van der Waals surface area contributed by atoms with Crippen molar-refractivity contribution in [3.05, 3.63) is 39.7 Å². The highest BCUT2D eigenvalue weighted by Crippen LogP contribution is 2.31. The maximum atomic E-state index is 12.3. The van der Waals surface area contributed by atoms with Gasteiger partial charge >= 0.3 is 6.01 Å². The molecule has 1 amide bonds. The van der Waals surface area contributed by atoms with Crippen LogP contribution in [0.25, 0.3) is 10.8 Å². The fourth-order valence-corrected chi connectivity index (χ4v) is 3.26. The summed E-state index contributed by atoms with van der Waals surface area (Å²) in [6.07, 6.45) is 0. The molecule has 0 aliphatic rings. The molecule has 24 heavy (non-hydrogen) atoms. The zero-order valence-electron chi connectivity index (χ0n) is 12.7. The highest BCUT2D eigenvalue weighted by molar-refractivity contribution is 9.11. The molecule has 0 aliphatic carbocycles. The first-order valence-electron chi connectivity index (χ1n) is 6.73. The molecule has 9 heteroatoms. The van der Waals surface area contributed by atoms with Gasteiger partial charge in [0.15, 0.2) is 11.5 Å². The summed E-state index contributed by atoms with van der Waals surface area (Å²) in [7, 11) is 3.03. The molecule has 0 fully saturated rings. The average molecular weight is 410 g/mol. The number of benzene rings is 1. The highest BCUT2D eigenvalue weighted by Gasteiger charge is 2.15. The SMILES string of the molecule is COc1ccc(C(=O)Nc2nnc(-c3ccc(Br)s3)o2)cc1OC. The summed E-state index contributed by atoms with van der Waals surface area (Å²) < 4.78 is 16.7. The number of ether oxygens (including phenoxy) is 2. The van der Waals surface area contributed by atoms with Crippen LogP contribution < -0.4 is 14.8 Å². The Kier molecular flexibility index (Phi) is 4.81. The van der Waals surface area contributed by atoms with Gasteiger partial charge in [0.2, 0.25) is 0 Å². The van der Waals surface area contributed by atoms with Gasteiger partial charge in [-0.3, -0.25) is 10.1 Å².